The van der Waals surface area contributed by atoms with Crippen molar-refractivity contribution < 1.29 is 23.6 Å². The van der Waals surface area contributed by atoms with Gasteiger partial charge in [-0.2, -0.15) is 0 Å². The number of rotatable bonds is 20. The molecule has 0 saturated carbocycles. The smallest absolute Gasteiger partial charge is 0.379 e. The van der Waals surface area contributed by atoms with Gasteiger partial charge in [0, 0.05) is 6.61 Å². The Morgan fingerprint density at radius 2 is 1.19 bits per heavy atom. The van der Waals surface area contributed by atoms with Crippen molar-refractivity contribution in [2.75, 3.05) is 19.8 Å². The third kappa shape index (κ3) is 23.8. The lowest BCUT2D eigenvalue weighted by molar-refractivity contribution is 0.0831. The molecule has 0 rings (SSSR count). The minimum atomic E-state index is -4.34. The molecule has 0 spiro atoms. The van der Waals surface area contributed by atoms with Gasteiger partial charge in [-0.25, -0.2) is 4.57 Å². The zero-order valence-electron chi connectivity index (χ0n) is 16.7. The van der Waals surface area contributed by atoms with Crippen molar-refractivity contribution in [2.45, 2.75) is 96.8 Å². The van der Waals surface area contributed by atoms with Crippen molar-refractivity contribution in [1.82, 2.24) is 0 Å². The summed E-state index contributed by atoms with van der Waals surface area (Å²) in [5.41, 5.74) is 0. The quantitative estimate of drug-likeness (QED) is 0.148. The van der Waals surface area contributed by atoms with E-state index in [9.17, 15) is 4.57 Å². The number of phosphoric ester groups is 1. The van der Waals surface area contributed by atoms with Gasteiger partial charge in [-0.15, -0.1) is 0 Å². The molecule has 0 bridgehead atoms. The maximum Gasteiger partial charge on any atom is 0.469 e. The number of hydrogen-bond donors (Lipinski definition) is 2. The van der Waals surface area contributed by atoms with Gasteiger partial charge >= 0.3 is 7.82 Å². The van der Waals surface area contributed by atoms with Crippen molar-refractivity contribution in [3.05, 3.63) is 12.2 Å². The van der Waals surface area contributed by atoms with Crippen LogP contribution in [0.25, 0.3) is 0 Å². The maximum atomic E-state index is 10.4. The number of phosphoric acid groups is 1. The van der Waals surface area contributed by atoms with Crippen molar-refractivity contribution in [3.8, 4) is 0 Å². The minimum absolute atomic E-state index is 0.0589. The SMILES string of the molecule is CCCCCCCCC=CCCCCCCCCOCCOP(=O)(O)O. The molecule has 0 unspecified atom stereocenters. The first kappa shape index (κ1) is 25.8. The van der Waals surface area contributed by atoms with Gasteiger partial charge in [0.1, 0.15) is 0 Å². The summed E-state index contributed by atoms with van der Waals surface area (Å²) >= 11 is 0. The van der Waals surface area contributed by atoms with Crippen LogP contribution in [0.2, 0.25) is 0 Å². The Morgan fingerprint density at radius 1 is 0.692 bits per heavy atom. The van der Waals surface area contributed by atoms with E-state index in [0.29, 0.717) is 6.61 Å². The molecule has 0 saturated heterocycles. The molecule has 0 aliphatic carbocycles. The fourth-order valence-corrected chi connectivity index (χ4v) is 3.08. The molecule has 0 aromatic rings. The monoisotopic (exact) mass is 392 g/mol. The molecular weight excluding hydrogens is 351 g/mol. The third-order valence-corrected chi connectivity index (χ3v) is 4.81. The minimum Gasteiger partial charge on any atom is -0.379 e. The fourth-order valence-electron chi connectivity index (χ4n) is 2.77. The van der Waals surface area contributed by atoms with Gasteiger partial charge in [-0.1, -0.05) is 76.9 Å². The highest BCUT2D eigenvalue weighted by atomic mass is 31.2. The summed E-state index contributed by atoms with van der Waals surface area (Å²) in [5.74, 6) is 0. The second-order valence-electron chi connectivity index (χ2n) is 6.87. The zero-order chi connectivity index (χ0) is 19.3. The van der Waals surface area contributed by atoms with Gasteiger partial charge in [0.25, 0.3) is 0 Å². The van der Waals surface area contributed by atoms with Crippen LogP contribution in [-0.4, -0.2) is 29.6 Å². The molecule has 0 fully saturated rings. The summed E-state index contributed by atoms with van der Waals surface area (Å²) < 4.78 is 20.0. The maximum absolute atomic E-state index is 10.4. The van der Waals surface area contributed by atoms with Crippen LogP contribution in [0.1, 0.15) is 96.8 Å². The predicted octanol–water partition coefficient (Wildman–Crippen LogP) is 6.15. The predicted molar refractivity (Wildman–Crippen MR) is 108 cm³/mol. The number of ether oxygens (including phenoxy) is 1. The normalized spacial score (nSPS) is 12.3. The van der Waals surface area contributed by atoms with Crippen molar-refractivity contribution in [2.24, 2.45) is 0 Å². The Bertz CT molecular complexity index is 354. The van der Waals surface area contributed by atoms with E-state index in [1.54, 1.807) is 0 Å². The lowest BCUT2D eigenvalue weighted by Crippen LogP contribution is -2.04. The molecule has 6 heteroatoms. The molecule has 0 aromatic carbocycles. The van der Waals surface area contributed by atoms with E-state index >= 15 is 0 Å². The molecule has 5 nitrogen and oxygen atoms in total. The molecule has 0 aliphatic rings. The molecule has 0 atom stereocenters. The summed E-state index contributed by atoms with van der Waals surface area (Å²) in [6.45, 7) is 3.06. The number of hydrogen-bond acceptors (Lipinski definition) is 3. The summed E-state index contributed by atoms with van der Waals surface area (Å²) in [5, 5.41) is 0. The Kier molecular flexibility index (Phi) is 19.4. The molecule has 26 heavy (non-hydrogen) atoms. The van der Waals surface area contributed by atoms with Gasteiger partial charge in [-0.3, -0.25) is 4.52 Å². The van der Waals surface area contributed by atoms with Crippen LogP contribution in [-0.2, 0) is 13.8 Å². The number of unbranched alkanes of at least 4 members (excludes halogenated alkanes) is 12. The lowest BCUT2D eigenvalue weighted by atomic mass is 10.1. The van der Waals surface area contributed by atoms with Crippen LogP contribution in [0.4, 0.5) is 0 Å². The number of allylic oxidation sites excluding steroid dienone is 2. The first-order valence-corrected chi connectivity index (χ1v) is 12.0. The van der Waals surface area contributed by atoms with E-state index in [4.69, 9.17) is 14.5 Å². The summed E-state index contributed by atoms with van der Waals surface area (Å²) in [4.78, 5) is 17.0. The van der Waals surface area contributed by atoms with Crippen LogP contribution in [0.15, 0.2) is 12.2 Å². The van der Waals surface area contributed by atoms with Crippen LogP contribution < -0.4 is 0 Å². The first-order valence-electron chi connectivity index (χ1n) is 10.5. The highest BCUT2D eigenvalue weighted by molar-refractivity contribution is 7.46. The van der Waals surface area contributed by atoms with E-state index in [1.165, 1.54) is 77.0 Å². The largest absolute Gasteiger partial charge is 0.469 e. The van der Waals surface area contributed by atoms with Gasteiger partial charge in [0.05, 0.1) is 13.2 Å². The third-order valence-electron chi connectivity index (χ3n) is 4.29. The van der Waals surface area contributed by atoms with E-state index in [1.807, 2.05) is 0 Å². The van der Waals surface area contributed by atoms with Gasteiger partial charge in [-0.05, 0) is 32.1 Å². The van der Waals surface area contributed by atoms with Gasteiger partial charge < -0.3 is 14.5 Å². The molecule has 2 N–H and O–H groups in total. The average Bonchev–Trinajstić information content (AvgIpc) is 2.59. The highest BCUT2D eigenvalue weighted by Crippen LogP contribution is 2.35. The summed E-state index contributed by atoms with van der Waals surface area (Å²) in [6, 6.07) is 0. The van der Waals surface area contributed by atoms with E-state index in [-0.39, 0.29) is 13.2 Å². The van der Waals surface area contributed by atoms with E-state index < -0.39 is 7.82 Å². The van der Waals surface area contributed by atoms with Crippen molar-refractivity contribution >= 4 is 7.82 Å². The molecule has 0 aliphatic heterocycles. The molecule has 0 amide bonds. The van der Waals surface area contributed by atoms with Gasteiger partial charge in [0.15, 0.2) is 0 Å². The zero-order valence-corrected chi connectivity index (χ0v) is 17.6. The fraction of sp³-hybridized carbons (Fsp3) is 0.900. The topological polar surface area (TPSA) is 76.0 Å². The van der Waals surface area contributed by atoms with Gasteiger partial charge in [0.2, 0.25) is 0 Å². The first-order chi connectivity index (χ1) is 12.6. The van der Waals surface area contributed by atoms with E-state index in [2.05, 4.69) is 23.6 Å². The molecule has 0 aromatic heterocycles. The Labute approximate surface area is 160 Å². The Hall–Kier alpha value is -0.190. The van der Waals surface area contributed by atoms with Crippen LogP contribution in [0, 0.1) is 0 Å². The standard InChI is InChI=1S/C20H41O5P/c1-2-3-4-5-6-7-8-9-10-11-12-13-14-15-16-17-18-24-19-20-25-26(21,22)23/h9-10H,2-8,11-20H2,1H3,(H2,21,22,23). The second-order valence-corrected chi connectivity index (χ2v) is 8.11. The molecule has 0 radical (unpaired) electrons. The Morgan fingerprint density at radius 3 is 1.73 bits per heavy atom. The lowest BCUT2D eigenvalue weighted by Gasteiger charge is -2.06. The molecular formula is C20H41O5P. The average molecular weight is 393 g/mol. The second kappa shape index (κ2) is 19.6. The van der Waals surface area contributed by atoms with Crippen molar-refractivity contribution in [1.29, 1.82) is 0 Å². The summed E-state index contributed by atoms with van der Waals surface area (Å²) in [6.07, 6.45) is 22.6. The van der Waals surface area contributed by atoms with Crippen LogP contribution in [0.3, 0.4) is 0 Å². The molecule has 0 heterocycles. The van der Waals surface area contributed by atoms with E-state index in [0.717, 1.165) is 12.8 Å². The van der Waals surface area contributed by atoms with Crippen molar-refractivity contribution in [3.63, 3.8) is 0 Å². The highest BCUT2D eigenvalue weighted by Gasteiger charge is 2.12. The molecule has 156 valence electrons. The Balaban J connectivity index is 3.11. The summed E-state index contributed by atoms with van der Waals surface area (Å²) in [7, 11) is -4.34. The van der Waals surface area contributed by atoms with Crippen LogP contribution in [0.5, 0.6) is 0 Å². The van der Waals surface area contributed by atoms with Crippen LogP contribution >= 0.6 is 7.82 Å².